The van der Waals surface area contributed by atoms with E-state index >= 15 is 0 Å². The van der Waals surface area contributed by atoms with Crippen molar-refractivity contribution in [2.75, 3.05) is 45.3 Å². The van der Waals surface area contributed by atoms with Crippen LogP contribution in [0.1, 0.15) is 13.3 Å². The predicted octanol–water partition coefficient (Wildman–Crippen LogP) is 0.311. The second-order valence-electron chi connectivity index (χ2n) is 8.04. The number of amides is 3. The fraction of sp³-hybridized carbons (Fsp3) is 0.600. The number of rotatable bonds is 5. The van der Waals surface area contributed by atoms with Gasteiger partial charge in [0.15, 0.2) is 0 Å². The minimum absolute atomic E-state index is 0.0538. The van der Waals surface area contributed by atoms with Crippen LogP contribution in [0.3, 0.4) is 0 Å². The first kappa shape index (κ1) is 19.9. The van der Waals surface area contributed by atoms with Gasteiger partial charge in [-0.2, -0.15) is 0 Å². The molecule has 0 saturated carbocycles. The number of fused-ring (bicyclic) bond motifs is 3. The van der Waals surface area contributed by atoms with Crippen LogP contribution in [0.4, 0.5) is 10.5 Å². The number of benzene rings is 1. The van der Waals surface area contributed by atoms with Gasteiger partial charge < -0.3 is 19.6 Å². The zero-order chi connectivity index (χ0) is 20.7. The van der Waals surface area contributed by atoms with Crippen molar-refractivity contribution in [2.45, 2.75) is 31.8 Å². The zero-order valence-electron chi connectivity index (χ0n) is 17.1. The number of imide groups is 1. The number of hydrogen-bond donors (Lipinski definition) is 2. The van der Waals surface area contributed by atoms with Crippen molar-refractivity contribution in [2.24, 2.45) is 5.92 Å². The number of aliphatic hydroxyl groups excluding tert-OH is 1. The number of carbonyl (C=O) groups excluding carboxylic acids is 2. The lowest BCUT2D eigenvalue weighted by Gasteiger charge is -2.46. The molecule has 4 rings (SSSR count). The molecule has 3 aliphatic heterocycles. The maximum atomic E-state index is 13.2. The topological polar surface area (TPSA) is 88.6 Å². The van der Waals surface area contributed by atoms with Gasteiger partial charge in [-0.05, 0) is 36.6 Å². The first-order valence-electron chi connectivity index (χ1n) is 10.1. The van der Waals surface area contributed by atoms with E-state index in [0.717, 1.165) is 24.5 Å². The number of ether oxygens (including phenoxy) is 1. The second-order valence-corrected chi connectivity index (χ2v) is 8.04. The average Bonchev–Trinajstić information content (AvgIpc) is 3.11. The number of methoxy groups -OCH3 is 1. The van der Waals surface area contributed by atoms with Gasteiger partial charge in [0.2, 0.25) is 0 Å². The van der Waals surface area contributed by atoms with Gasteiger partial charge in [-0.1, -0.05) is 6.92 Å². The summed E-state index contributed by atoms with van der Waals surface area (Å²) in [7, 11) is 3.37. The van der Waals surface area contributed by atoms with Crippen molar-refractivity contribution < 1.29 is 19.4 Å². The van der Waals surface area contributed by atoms with Crippen LogP contribution in [-0.2, 0) is 4.79 Å². The third-order valence-corrected chi connectivity index (χ3v) is 6.03. The van der Waals surface area contributed by atoms with Crippen molar-refractivity contribution >= 4 is 17.6 Å². The molecule has 4 unspecified atom stereocenters. The standard InChI is InChI=1S/C20H29N5O4/c1-13-11-24(14-5-7-15(29-3)8-6-14)19-21-17-16(25(19)12-13)18(27)23(9-4-10-26)20(28)22(17)2/h5-8,13,16-17,19,21,26H,4,9-12H2,1-3H3. The molecule has 3 fully saturated rings. The summed E-state index contributed by atoms with van der Waals surface area (Å²) in [5.74, 6) is 0.963. The number of hydrogen-bond acceptors (Lipinski definition) is 7. The quantitative estimate of drug-likeness (QED) is 0.732. The van der Waals surface area contributed by atoms with Gasteiger partial charge in [0.25, 0.3) is 5.91 Å². The highest BCUT2D eigenvalue weighted by atomic mass is 16.5. The first-order chi connectivity index (χ1) is 14.0. The van der Waals surface area contributed by atoms with E-state index in [1.807, 2.05) is 24.3 Å². The third kappa shape index (κ3) is 3.33. The van der Waals surface area contributed by atoms with Crippen molar-refractivity contribution in [1.82, 2.24) is 20.0 Å². The summed E-state index contributed by atoms with van der Waals surface area (Å²) in [6, 6.07) is 7.13. The molecular weight excluding hydrogens is 374 g/mol. The van der Waals surface area contributed by atoms with Crippen molar-refractivity contribution in [3.05, 3.63) is 24.3 Å². The smallest absolute Gasteiger partial charge is 0.327 e. The Morgan fingerprint density at radius 1 is 1.21 bits per heavy atom. The Labute approximate surface area is 170 Å². The highest BCUT2D eigenvalue weighted by Crippen LogP contribution is 2.34. The fourth-order valence-electron chi connectivity index (χ4n) is 4.63. The summed E-state index contributed by atoms with van der Waals surface area (Å²) < 4.78 is 5.27. The maximum Gasteiger partial charge on any atom is 0.327 e. The molecule has 4 atom stereocenters. The van der Waals surface area contributed by atoms with Crippen LogP contribution < -0.4 is 15.0 Å². The molecule has 2 N–H and O–H groups in total. The van der Waals surface area contributed by atoms with Crippen molar-refractivity contribution in [3.8, 4) is 5.75 Å². The van der Waals surface area contributed by atoms with E-state index < -0.39 is 6.04 Å². The Balaban J connectivity index is 1.63. The molecule has 0 aliphatic carbocycles. The van der Waals surface area contributed by atoms with Crippen molar-refractivity contribution in [1.29, 1.82) is 0 Å². The van der Waals surface area contributed by atoms with E-state index in [0.29, 0.717) is 12.3 Å². The van der Waals surface area contributed by atoms with Gasteiger partial charge in [-0.25, -0.2) is 4.79 Å². The monoisotopic (exact) mass is 403 g/mol. The average molecular weight is 403 g/mol. The SMILES string of the molecule is COc1ccc(N2CC(C)CN3C4C(=O)N(CCCO)C(=O)N(C)C4NC23)cc1. The molecule has 158 valence electrons. The fourth-order valence-corrected chi connectivity index (χ4v) is 4.63. The number of carbonyl (C=O) groups is 2. The molecule has 9 heteroatoms. The predicted molar refractivity (Wildman–Crippen MR) is 107 cm³/mol. The van der Waals surface area contributed by atoms with Crippen LogP contribution in [0.15, 0.2) is 24.3 Å². The summed E-state index contributed by atoms with van der Waals surface area (Å²) in [6.07, 6.45) is -0.170. The zero-order valence-corrected chi connectivity index (χ0v) is 17.1. The van der Waals surface area contributed by atoms with E-state index in [4.69, 9.17) is 9.84 Å². The van der Waals surface area contributed by atoms with Crippen LogP contribution in [0.2, 0.25) is 0 Å². The maximum absolute atomic E-state index is 13.2. The van der Waals surface area contributed by atoms with Gasteiger partial charge >= 0.3 is 6.03 Å². The summed E-state index contributed by atoms with van der Waals surface area (Å²) >= 11 is 0. The third-order valence-electron chi connectivity index (χ3n) is 6.03. The molecule has 3 amide bonds. The summed E-state index contributed by atoms with van der Waals surface area (Å²) in [5.41, 5.74) is 1.04. The molecule has 29 heavy (non-hydrogen) atoms. The van der Waals surface area contributed by atoms with E-state index in [2.05, 4.69) is 22.0 Å². The Kier molecular flexibility index (Phi) is 5.37. The Morgan fingerprint density at radius 2 is 1.93 bits per heavy atom. The molecule has 9 nitrogen and oxygen atoms in total. The lowest BCUT2D eigenvalue weighted by atomic mass is 10.0. The molecule has 3 saturated heterocycles. The minimum atomic E-state index is -0.440. The molecular formula is C20H29N5O4. The Bertz CT molecular complexity index is 773. The molecule has 0 aromatic heterocycles. The van der Waals surface area contributed by atoms with Gasteiger partial charge in [-0.15, -0.1) is 0 Å². The number of anilines is 1. The number of aliphatic hydroxyl groups is 1. The lowest BCUT2D eigenvalue weighted by Crippen LogP contribution is -2.66. The van der Waals surface area contributed by atoms with Crippen LogP contribution >= 0.6 is 0 Å². The van der Waals surface area contributed by atoms with E-state index in [1.54, 1.807) is 19.1 Å². The van der Waals surface area contributed by atoms with Crippen LogP contribution in [-0.4, -0.2) is 90.6 Å². The van der Waals surface area contributed by atoms with Gasteiger partial charge in [-0.3, -0.25) is 19.9 Å². The molecule has 1 aromatic rings. The Morgan fingerprint density at radius 3 is 2.59 bits per heavy atom. The molecule has 0 bridgehead atoms. The molecule has 0 spiro atoms. The van der Waals surface area contributed by atoms with Gasteiger partial charge in [0.1, 0.15) is 24.2 Å². The highest BCUT2D eigenvalue weighted by Gasteiger charge is 2.56. The molecule has 1 aromatic carbocycles. The van der Waals surface area contributed by atoms with E-state index in [-0.39, 0.29) is 37.5 Å². The largest absolute Gasteiger partial charge is 0.497 e. The summed E-state index contributed by atoms with van der Waals surface area (Å²) in [6.45, 7) is 3.97. The van der Waals surface area contributed by atoms with E-state index in [1.165, 1.54) is 4.90 Å². The van der Waals surface area contributed by atoms with Crippen LogP contribution in [0.5, 0.6) is 5.75 Å². The summed E-state index contributed by atoms with van der Waals surface area (Å²) in [4.78, 5) is 33.3. The molecule has 0 radical (unpaired) electrons. The van der Waals surface area contributed by atoms with Gasteiger partial charge in [0.05, 0.1) is 7.11 Å². The highest BCUT2D eigenvalue weighted by molar-refractivity contribution is 6.00. The minimum Gasteiger partial charge on any atom is -0.497 e. The first-order valence-corrected chi connectivity index (χ1v) is 10.1. The van der Waals surface area contributed by atoms with Gasteiger partial charge in [0, 0.05) is 39.0 Å². The number of nitrogens with zero attached hydrogens (tertiary/aromatic N) is 4. The van der Waals surface area contributed by atoms with Crippen molar-refractivity contribution in [3.63, 3.8) is 0 Å². The molecule has 3 aliphatic rings. The number of likely N-dealkylation sites (N-methyl/N-ethyl adjacent to an activating group) is 1. The van der Waals surface area contributed by atoms with Crippen LogP contribution in [0, 0.1) is 5.92 Å². The lowest BCUT2D eigenvalue weighted by molar-refractivity contribution is -0.139. The van der Waals surface area contributed by atoms with E-state index in [9.17, 15) is 9.59 Å². The van der Waals surface area contributed by atoms with Crippen LogP contribution in [0.25, 0.3) is 0 Å². The summed E-state index contributed by atoms with van der Waals surface area (Å²) in [5, 5.41) is 12.7. The second kappa shape index (κ2) is 7.81. The number of nitrogens with one attached hydrogen (secondary N) is 1. The number of urea groups is 1. The Hall–Kier alpha value is -2.36. The normalized spacial score (nSPS) is 29.9. The molecule has 3 heterocycles.